The van der Waals surface area contributed by atoms with Gasteiger partial charge in [0.05, 0.1) is 11.6 Å². The standard InChI is InChI=1S/C17H17ClN2O3S/c1-11(12-5-3-6-13(18)9-12)20-15(21)10-23-17(22)14-7-4-8-19-16(14)24-2/h3-9,11H,10H2,1-2H3,(H,20,21)/t11-/m1/s1. The van der Waals surface area contributed by atoms with Gasteiger partial charge in [-0.15, -0.1) is 11.8 Å². The molecule has 0 spiro atoms. The second-order valence-corrected chi connectivity index (χ2v) is 6.21. The molecule has 2 rings (SSSR count). The first-order valence-electron chi connectivity index (χ1n) is 7.22. The van der Waals surface area contributed by atoms with Crippen molar-refractivity contribution >= 4 is 35.2 Å². The smallest absolute Gasteiger partial charge is 0.341 e. The first-order valence-corrected chi connectivity index (χ1v) is 8.82. The van der Waals surface area contributed by atoms with Gasteiger partial charge in [0.15, 0.2) is 6.61 Å². The van der Waals surface area contributed by atoms with Gasteiger partial charge in [0.2, 0.25) is 0 Å². The Morgan fingerprint density at radius 2 is 2.12 bits per heavy atom. The SMILES string of the molecule is CSc1ncccc1C(=O)OCC(=O)N[C@H](C)c1cccc(Cl)c1. The molecule has 7 heteroatoms. The van der Waals surface area contributed by atoms with Crippen LogP contribution in [0.25, 0.3) is 0 Å². The summed E-state index contributed by atoms with van der Waals surface area (Å²) in [5.41, 5.74) is 1.22. The van der Waals surface area contributed by atoms with E-state index >= 15 is 0 Å². The first-order chi connectivity index (χ1) is 11.5. The van der Waals surface area contributed by atoms with E-state index in [4.69, 9.17) is 16.3 Å². The lowest BCUT2D eigenvalue weighted by atomic mass is 10.1. The Kier molecular flexibility index (Phi) is 6.63. The molecule has 0 saturated carbocycles. The Morgan fingerprint density at radius 1 is 1.33 bits per heavy atom. The average Bonchev–Trinajstić information content (AvgIpc) is 2.59. The summed E-state index contributed by atoms with van der Waals surface area (Å²) in [6.07, 6.45) is 3.42. The van der Waals surface area contributed by atoms with E-state index in [1.807, 2.05) is 25.3 Å². The number of benzene rings is 1. The number of esters is 1. The molecule has 2 aromatic rings. The van der Waals surface area contributed by atoms with Gasteiger partial charge in [-0.3, -0.25) is 4.79 Å². The zero-order chi connectivity index (χ0) is 17.5. The van der Waals surface area contributed by atoms with Gasteiger partial charge in [-0.1, -0.05) is 23.7 Å². The average molecular weight is 365 g/mol. The summed E-state index contributed by atoms with van der Waals surface area (Å²) in [4.78, 5) is 28.1. The molecular formula is C17H17ClN2O3S. The molecule has 0 aliphatic carbocycles. The molecule has 0 saturated heterocycles. The molecular weight excluding hydrogens is 348 g/mol. The van der Waals surface area contributed by atoms with Crippen LogP contribution in [-0.2, 0) is 9.53 Å². The van der Waals surface area contributed by atoms with Crippen LogP contribution in [0.1, 0.15) is 28.9 Å². The number of carbonyl (C=O) groups excluding carboxylic acids is 2. The number of ether oxygens (including phenoxy) is 1. The molecule has 1 atom stereocenters. The van der Waals surface area contributed by atoms with E-state index in [9.17, 15) is 9.59 Å². The fraction of sp³-hybridized carbons (Fsp3) is 0.235. The Bertz CT molecular complexity index is 739. The maximum absolute atomic E-state index is 12.1. The Balaban J connectivity index is 1.90. The molecule has 24 heavy (non-hydrogen) atoms. The summed E-state index contributed by atoms with van der Waals surface area (Å²) in [5, 5.41) is 3.93. The summed E-state index contributed by atoms with van der Waals surface area (Å²) < 4.78 is 5.06. The molecule has 126 valence electrons. The predicted octanol–water partition coefficient (Wildman–Crippen LogP) is 3.49. The number of hydrogen-bond acceptors (Lipinski definition) is 5. The number of nitrogens with one attached hydrogen (secondary N) is 1. The molecule has 1 aromatic carbocycles. The van der Waals surface area contributed by atoms with Crippen LogP contribution in [0, 0.1) is 0 Å². The highest BCUT2D eigenvalue weighted by molar-refractivity contribution is 7.98. The minimum atomic E-state index is -0.571. The zero-order valence-electron chi connectivity index (χ0n) is 13.3. The quantitative estimate of drug-likeness (QED) is 0.627. The van der Waals surface area contributed by atoms with Crippen LogP contribution in [0.4, 0.5) is 0 Å². The number of carbonyl (C=O) groups is 2. The lowest BCUT2D eigenvalue weighted by Gasteiger charge is -2.15. The highest BCUT2D eigenvalue weighted by Crippen LogP contribution is 2.18. The number of thioether (sulfide) groups is 1. The maximum atomic E-state index is 12.1. The van der Waals surface area contributed by atoms with Crippen LogP contribution < -0.4 is 5.32 Å². The number of amides is 1. The Morgan fingerprint density at radius 3 is 2.83 bits per heavy atom. The van der Waals surface area contributed by atoms with E-state index in [1.165, 1.54) is 11.8 Å². The highest BCUT2D eigenvalue weighted by Gasteiger charge is 2.16. The van der Waals surface area contributed by atoms with E-state index < -0.39 is 5.97 Å². The van der Waals surface area contributed by atoms with Gasteiger partial charge in [-0.2, -0.15) is 0 Å². The second kappa shape index (κ2) is 8.70. The Hall–Kier alpha value is -2.05. The van der Waals surface area contributed by atoms with Gasteiger partial charge in [0.25, 0.3) is 5.91 Å². The van der Waals surface area contributed by atoms with Crippen LogP contribution in [0.5, 0.6) is 0 Å². The Labute approximate surface area is 149 Å². The molecule has 0 bridgehead atoms. The van der Waals surface area contributed by atoms with Crippen molar-refractivity contribution in [1.29, 1.82) is 0 Å². The van der Waals surface area contributed by atoms with E-state index in [-0.39, 0.29) is 18.6 Å². The molecule has 0 fully saturated rings. The maximum Gasteiger partial charge on any atom is 0.341 e. The van der Waals surface area contributed by atoms with Crippen molar-refractivity contribution in [1.82, 2.24) is 10.3 Å². The van der Waals surface area contributed by atoms with Gasteiger partial charge in [-0.25, -0.2) is 9.78 Å². The van der Waals surface area contributed by atoms with Crippen molar-refractivity contribution in [3.05, 3.63) is 58.7 Å². The molecule has 1 amide bonds. The molecule has 1 heterocycles. The van der Waals surface area contributed by atoms with Crippen LogP contribution in [0.3, 0.4) is 0 Å². The van der Waals surface area contributed by atoms with Crippen molar-refractivity contribution in [2.24, 2.45) is 0 Å². The molecule has 5 nitrogen and oxygen atoms in total. The third kappa shape index (κ3) is 4.97. The number of aromatic nitrogens is 1. The van der Waals surface area contributed by atoms with E-state index in [1.54, 1.807) is 30.5 Å². The molecule has 0 radical (unpaired) electrons. The summed E-state index contributed by atoms with van der Waals surface area (Å²) in [6.45, 7) is 1.48. The van der Waals surface area contributed by atoms with Gasteiger partial charge in [0.1, 0.15) is 5.03 Å². The highest BCUT2D eigenvalue weighted by atomic mass is 35.5. The largest absolute Gasteiger partial charge is 0.452 e. The van der Waals surface area contributed by atoms with Crippen LogP contribution in [0.15, 0.2) is 47.6 Å². The fourth-order valence-electron chi connectivity index (χ4n) is 2.06. The topological polar surface area (TPSA) is 68.3 Å². The van der Waals surface area contributed by atoms with Crippen LogP contribution >= 0.6 is 23.4 Å². The number of pyridine rings is 1. The van der Waals surface area contributed by atoms with E-state index in [0.717, 1.165) is 5.56 Å². The lowest BCUT2D eigenvalue weighted by molar-refractivity contribution is -0.124. The van der Waals surface area contributed by atoms with E-state index in [0.29, 0.717) is 15.6 Å². The van der Waals surface area contributed by atoms with Crippen molar-refractivity contribution in [3.63, 3.8) is 0 Å². The predicted molar refractivity (Wildman–Crippen MR) is 94.3 cm³/mol. The van der Waals surface area contributed by atoms with Gasteiger partial charge in [0, 0.05) is 11.2 Å². The van der Waals surface area contributed by atoms with Crippen LogP contribution in [0.2, 0.25) is 5.02 Å². The normalized spacial score (nSPS) is 11.6. The first kappa shape index (κ1) is 18.3. The fourth-order valence-corrected chi connectivity index (χ4v) is 2.80. The summed E-state index contributed by atoms with van der Waals surface area (Å²) in [7, 11) is 0. The van der Waals surface area contributed by atoms with Gasteiger partial charge >= 0.3 is 5.97 Å². The molecule has 0 unspecified atom stereocenters. The zero-order valence-corrected chi connectivity index (χ0v) is 14.9. The lowest BCUT2D eigenvalue weighted by Crippen LogP contribution is -2.31. The van der Waals surface area contributed by atoms with E-state index in [2.05, 4.69) is 10.3 Å². The van der Waals surface area contributed by atoms with Crippen molar-refractivity contribution < 1.29 is 14.3 Å². The number of nitrogens with zero attached hydrogens (tertiary/aromatic N) is 1. The van der Waals surface area contributed by atoms with Gasteiger partial charge in [-0.05, 0) is 43.0 Å². The van der Waals surface area contributed by atoms with Gasteiger partial charge < -0.3 is 10.1 Å². The summed E-state index contributed by atoms with van der Waals surface area (Å²) in [5.74, 6) is -0.955. The minimum Gasteiger partial charge on any atom is -0.452 e. The number of rotatable bonds is 6. The summed E-state index contributed by atoms with van der Waals surface area (Å²) >= 11 is 7.28. The number of halogens is 1. The minimum absolute atomic E-state index is 0.241. The van der Waals surface area contributed by atoms with Crippen LogP contribution in [-0.4, -0.2) is 29.7 Å². The molecule has 0 aliphatic rings. The second-order valence-electron chi connectivity index (χ2n) is 4.98. The van der Waals surface area contributed by atoms with Crippen molar-refractivity contribution in [2.75, 3.05) is 12.9 Å². The third-order valence-corrected chi connectivity index (χ3v) is 4.19. The van der Waals surface area contributed by atoms with Crippen molar-refractivity contribution in [3.8, 4) is 0 Å². The molecule has 1 aromatic heterocycles. The monoisotopic (exact) mass is 364 g/mol. The summed E-state index contributed by atoms with van der Waals surface area (Å²) in [6, 6.07) is 10.2. The number of hydrogen-bond donors (Lipinski definition) is 1. The molecule has 1 N–H and O–H groups in total. The third-order valence-electron chi connectivity index (χ3n) is 3.24. The molecule has 0 aliphatic heterocycles. The van der Waals surface area contributed by atoms with Crippen molar-refractivity contribution in [2.45, 2.75) is 18.0 Å².